The number of rotatable bonds is 3. The third kappa shape index (κ3) is 3.20. The molecule has 0 aliphatic heterocycles. The highest BCUT2D eigenvalue weighted by Crippen LogP contribution is 2.23. The van der Waals surface area contributed by atoms with Crippen LogP contribution in [-0.2, 0) is 0 Å². The van der Waals surface area contributed by atoms with E-state index in [1.165, 1.54) is 11.8 Å². The summed E-state index contributed by atoms with van der Waals surface area (Å²) in [6.45, 7) is 5.89. The number of pyridine rings is 1. The molecule has 0 radical (unpaired) electrons. The summed E-state index contributed by atoms with van der Waals surface area (Å²) in [6, 6.07) is 9.71. The summed E-state index contributed by atoms with van der Waals surface area (Å²) in [5, 5.41) is 3.71. The highest BCUT2D eigenvalue weighted by molar-refractivity contribution is 7.98. The van der Waals surface area contributed by atoms with Gasteiger partial charge in [-0.3, -0.25) is 4.79 Å². The van der Waals surface area contributed by atoms with Crippen molar-refractivity contribution < 1.29 is 4.79 Å². The third-order valence-electron chi connectivity index (χ3n) is 3.01. The fourth-order valence-electron chi connectivity index (χ4n) is 2.14. The molecule has 0 aliphatic rings. The average Bonchev–Trinajstić information content (AvgIpc) is 2.37. The van der Waals surface area contributed by atoms with Crippen LogP contribution in [0.2, 0.25) is 0 Å². The minimum atomic E-state index is -0.107. The lowest BCUT2D eigenvalue weighted by Crippen LogP contribution is -2.15. The number of nitrogens with zero attached hydrogens (tertiary/aromatic N) is 1. The Bertz CT molecular complexity index is 653. The van der Waals surface area contributed by atoms with E-state index >= 15 is 0 Å². The number of benzene rings is 1. The summed E-state index contributed by atoms with van der Waals surface area (Å²) in [6.07, 6.45) is 1.94. The number of hydrogen-bond donors (Lipinski definition) is 1. The number of carbonyl (C=O) groups excluding carboxylic acids is 1. The highest BCUT2D eigenvalue weighted by Gasteiger charge is 2.16. The van der Waals surface area contributed by atoms with Crippen molar-refractivity contribution in [3.8, 4) is 0 Å². The van der Waals surface area contributed by atoms with E-state index in [0.717, 1.165) is 27.5 Å². The van der Waals surface area contributed by atoms with Crippen molar-refractivity contribution in [3.63, 3.8) is 0 Å². The molecule has 1 N–H and O–H groups in total. The van der Waals surface area contributed by atoms with Gasteiger partial charge in [-0.1, -0.05) is 12.1 Å². The summed E-state index contributed by atoms with van der Waals surface area (Å²) in [4.78, 5) is 16.9. The topological polar surface area (TPSA) is 42.0 Å². The Morgan fingerprint density at radius 3 is 2.60 bits per heavy atom. The molecule has 1 amide bonds. The Morgan fingerprint density at radius 1 is 1.20 bits per heavy atom. The first-order valence-electron chi connectivity index (χ1n) is 6.41. The van der Waals surface area contributed by atoms with Gasteiger partial charge < -0.3 is 5.32 Å². The predicted molar refractivity (Wildman–Crippen MR) is 84.6 cm³/mol. The highest BCUT2D eigenvalue weighted by atomic mass is 32.2. The van der Waals surface area contributed by atoms with Gasteiger partial charge in [0.15, 0.2) is 0 Å². The van der Waals surface area contributed by atoms with Gasteiger partial charge in [-0.05, 0) is 56.4 Å². The van der Waals surface area contributed by atoms with Gasteiger partial charge in [0.05, 0.1) is 5.56 Å². The number of aromatic nitrogens is 1. The van der Waals surface area contributed by atoms with E-state index in [0.29, 0.717) is 5.56 Å². The molecule has 2 aromatic rings. The number of amides is 1. The molecule has 1 heterocycles. The predicted octanol–water partition coefficient (Wildman–Crippen LogP) is 3.98. The lowest BCUT2D eigenvalue weighted by molar-refractivity contribution is 0.102. The molecule has 0 fully saturated rings. The Morgan fingerprint density at radius 2 is 1.95 bits per heavy atom. The van der Waals surface area contributed by atoms with Crippen LogP contribution in [0, 0.1) is 20.8 Å². The normalized spacial score (nSPS) is 10.4. The number of anilines is 1. The fraction of sp³-hybridized carbons (Fsp3) is 0.250. The molecule has 0 saturated carbocycles. The second-order valence-corrected chi connectivity index (χ2v) is 5.58. The first-order chi connectivity index (χ1) is 9.51. The van der Waals surface area contributed by atoms with Gasteiger partial charge in [-0.15, -0.1) is 11.8 Å². The zero-order valence-corrected chi connectivity index (χ0v) is 13.0. The summed E-state index contributed by atoms with van der Waals surface area (Å²) in [7, 11) is 0. The van der Waals surface area contributed by atoms with Crippen molar-refractivity contribution in [2.45, 2.75) is 25.8 Å². The molecular weight excluding hydrogens is 268 g/mol. The molecule has 3 nitrogen and oxygen atoms in total. The Hall–Kier alpha value is -1.81. The molecule has 4 heteroatoms. The summed E-state index contributed by atoms with van der Waals surface area (Å²) in [5.74, 6) is -0.107. The van der Waals surface area contributed by atoms with E-state index in [9.17, 15) is 4.79 Å². The van der Waals surface area contributed by atoms with Crippen molar-refractivity contribution in [1.29, 1.82) is 0 Å². The van der Waals surface area contributed by atoms with Crippen LogP contribution in [0.1, 0.15) is 27.2 Å². The van der Waals surface area contributed by atoms with E-state index in [4.69, 9.17) is 0 Å². The zero-order chi connectivity index (χ0) is 14.7. The van der Waals surface area contributed by atoms with Crippen LogP contribution in [0.15, 0.2) is 35.4 Å². The van der Waals surface area contributed by atoms with Gasteiger partial charge in [0.2, 0.25) is 0 Å². The Balaban J connectivity index is 2.34. The minimum Gasteiger partial charge on any atom is -0.322 e. The van der Waals surface area contributed by atoms with Gasteiger partial charge in [-0.25, -0.2) is 4.98 Å². The quantitative estimate of drug-likeness (QED) is 0.868. The molecule has 0 atom stereocenters. The average molecular weight is 286 g/mol. The molecule has 1 aromatic carbocycles. The standard InChI is InChI=1S/C16H18N2OS/c1-10-6-5-7-13(8-10)18-15(19)14-11(2)9-12(3)17-16(14)20-4/h5-9H,1-4H3,(H,18,19). The maximum Gasteiger partial charge on any atom is 0.258 e. The van der Waals surface area contributed by atoms with Crippen molar-refractivity contribution in [3.05, 3.63) is 52.7 Å². The van der Waals surface area contributed by atoms with E-state index in [-0.39, 0.29) is 5.91 Å². The van der Waals surface area contributed by atoms with Gasteiger partial charge in [0, 0.05) is 11.4 Å². The number of thioether (sulfide) groups is 1. The zero-order valence-electron chi connectivity index (χ0n) is 12.2. The Kier molecular flexibility index (Phi) is 4.45. The molecule has 104 valence electrons. The lowest BCUT2D eigenvalue weighted by Gasteiger charge is -2.12. The maximum atomic E-state index is 12.5. The molecule has 0 bridgehead atoms. The van der Waals surface area contributed by atoms with E-state index in [1.54, 1.807) is 0 Å². The maximum absolute atomic E-state index is 12.5. The summed E-state index contributed by atoms with van der Waals surface area (Å²) >= 11 is 1.49. The number of nitrogens with one attached hydrogen (secondary N) is 1. The minimum absolute atomic E-state index is 0.107. The molecule has 1 aromatic heterocycles. The molecule has 20 heavy (non-hydrogen) atoms. The molecule has 0 aliphatic carbocycles. The molecule has 2 rings (SSSR count). The van der Waals surface area contributed by atoms with Crippen molar-refractivity contribution in [1.82, 2.24) is 4.98 Å². The van der Waals surface area contributed by atoms with Crippen LogP contribution in [0.25, 0.3) is 0 Å². The van der Waals surface area contributed by atoms with Crippen LogP contribution in [0.3, 0.4) is 0 Å². The molecule has 0 saturated heterocycles. The Labute approximate surface area is 123 Å². The molecule has 0 unspecified atom stereocenters. The fourth-order valence-corrected chi connectivity index (χ4v) is 2.84. The van der Waals surface area contributed by atoms with Gasteiger partial charge >= 0.3 is 0 Å². The number of aryl methyl sites for hydroxylation is 3. The van der Waals surface area contributed by atoms with E-state index < -0.39 is 0 Å². The third-order valence-corrected chi connectivity index (χ3v) is 3.69. The lowest BCUT2D eigenvalue weighted by atomic mass is 10.1. The van der Waals surface area contributed by atoms with Crippen LogP contribution >= 0.6 is 11.8 Å². The second-order valence-electron chi connectivity index (χ2n) is 4.79. The summed E-state index contributed by atoms with van der Waals surface area (Å²) < 4.78 is 0. The number of hydrogen-bond acceptors (Lipinski definition) is 3. The van der Waals surface area contributed by atoms with Crippen LogP contribution < -0.4 is 5.32 Å². The van der Waals surface area contributed by atoms with Crippen molar-refractivity contribution >= 4 is 23.4 Å². The van der Waals surface area contributed by atoms with Crippen LogP contribution in [-0.4, -0.2) is 17.1 Å². The van der Waals surface area contributed by atoms with Crippen molar-refractivity contribution in [2.24, 2.45) is 0 Å². The van der Waals surface area contributed by atoms with Gasteiger partial charge in [0.25, 0.3) is 5.91 Å². The first kappa shape index (κ1) is 14.6. The molecular formula is C16H18N2OS. The first-order valence-corrected chi connectivity index (χ1v) is 7.64. The van der Waals surface area contributed by atoms with Crippen LogP contribution in [0.5, 0.6) is 0 Å². The smallest absolute Gasteiger partial charge is 0.258 e. The number of carbonyl (C=O) groups is 1. The summed E-state index contributed by atoms with van der Waals surface area (Å²) in [5.41, 5.74) is 4.46. The van der Waals surface area contributed by atoms with Gasteiger partial charge in [0.1, 0.15) is 5.03 Å². The monoisotopic (exact) mass is 286 g/mol. The van der Waals surface area contributed by atoms with Crippen LogP contribution in [0.4, 0.5) is 5.69 Å². The largest absolute Gasteiger partial charge is 0.322 e. The van der Waals surface area contributed by atoms with E-state index in [2.05, 4.69) is 10.3 Å². The SMILES string of the molecule is CSc1nc(C)cc(C)c1C(=O)Nc1cccc(C)c1. The van der Waals surface area contributed by atoms with E-state index in [1.807, 2.05) is 57.4 Å². The van der Waals surface area contributed by atoms with Crippen molar-refractivity contribution in [2.75, 3.05) is 11.6 Å². The molecule has 0 spiro atoms. The van der Waals surface area contributed by atoms with Gasteiger partial charge in [-0.2, -0.15) is 0 Å². The second kappa shape index (κ2) is 6.09.